The van der Waals surface area contributed by atoms with Crippen LogP contribution in [0.15, 0.2) is 48.6 Å². The molecule has 0 aliphatic heterocycles. The minimum Gasteiger partial charge on any atom is -0.394 e. The third-order valence-electron chi connectivity index (χ3n) is 13.9. The Morgan fingerprint density at radius 3 is 0.910 bits per heavy atom. The minimum absolute atomic E-state index is 0.381. The maximum absolute atomic E-state index is 12.6. The molecule has 5 heteroatoms. The van der Waals surface area contributed by atoms with Crippen LogP contribution in [0.2, 0.25) is 0 Å². The van der Waals surface area contributed by atoms with E-state index in [4.69, 9.17) is 0 Å². The number of aliphatic hydroxyl groups is 3. The summed E-state index contributed by atoms with van der Waals surface area (Å²) < 4.78 is 0. The van der Waals surface area contributed by atoms with Crippen molar-refractivity contribution < 1.29 is 20.1 Å². The molecule has 0 radical (unpaired) electrons. The van der Waals surface area contributed by atoms with Crippen LogP contribution in [0.5, 0.6) is 0 Å². The van der Waals surface area contributed by atoms with Crippen molar-refractivity contribution in [3.63, 3.8) is 0 Å². The van der Waals surface area contributed by atoms with E-state index in [-0.39, 0.29) is 6.61 Å². The van der Waals surface area contributed by atoms with Crippen LogP contribution in [0.3, 0.4) is 0 Å². The van der Waals surface area contributed by atoms with E-state index >= 15 is 0 Å². The van der Waals surface area contributed by atoms with Gasteiger partial charge in [0.25, 0.3) is 0 Å². The van der Waals surface area contributed by atoms with E-state index in [0.717, 1.165) is 44.9 Å². The number of aliphatic hydroxyl groups excluding tert-OH is 3. The number of nitrogens with one attached hydrogen (secondary N) is 1. The molecule has 0 aromatic carbocycles. The molecule has 3 unspecified atom stereocenters. The third-order valence-corrected chi connectivity index (χ3v) is 13.9. The predicted octanol–water partition coefficient (Wildman–Crippen LogP) is 18.8. The first-order valence-electron chi connectivity index (χ1n) is 30.0. The van der Waals surface area contributed by atoms with E-state index in [2.05, 4.69) is 55.6 Å². The van der Waals surface area contributed by atoms with Crippen LogP contribution in [0.1, 0.15) is 316 Å². The van der Waals surface area contributed by atoms with Crippen LogP contribution in [-0.4, -0.2) is 46.1 Å². The topological polar surface area (TPSA) is 89.8 Å². The van der Waals surface area contributed by atoms with Gasteiger partial charge in [0, 0.05) is 0 Å². The summed E-state index contributed by atoms with van der Waals surface area (Å²) in [6.07, 6.45) is 76.4. The van der Waals surface area contributed by atoms with Gasteiger partial charge in [-0.2, -0.15) is 0 Å². The molecule has 0 rings (SSSR count). The molecular formula is C62H117NO4. The van der Waals surface area contributed by atoms with Crippen LogP contribution in [-0.2, 0) is 4.79 Å². The molecule has 4 N–H and O–H groups in total. The highest BCUT2D eigenvalue weighted by Gasteiger charge is 2.22. The molecule has 67 heavy (non-hydrogen) atoms. The molecule has 0 aliphatic carbocycles. The van der Waals surface area contributed by atoms with Gasteiger partial charge in [0.1, 0.15) is 6.10 Å². The van der Waals surface area contributed by atoms with Crippen molar-refractivity contribution in [3.05, 3.63) is 48.6 Å². The fourth-order valence-electron chi connectivity index (χ4n) is 9.22. The van der Waals surface area contributed by atoms with E-state index < -0.39 is 24.2 Å². The van der Waals surface area contributed by atoms with Crippen molar-refractivity contribution in [1.82, 2.24) is 5.32 Å². The van der Waals surface area contributed by atoms with Crippen molar-refractivity contribution in [3.8, 4) is 0 Å². The molecular weight excluding hydrogens is 823 g/mol. The van der Waals surface area contributed by atoms with Gasteiger partial charge in [0.15, 0.2) is 0 Å². The number of rotatable bonds is 55. The minimum atomic E-state index is -1.11. The van der Waals surface area contributed by atoms with Crippen molar-refractivity contribution in [2.24, 2.45) is 0 Å². The average Bonchev–Trinajstić information content (AvgIpc) is 3.33. The van der Waals surface area contributed by atoms with E-state index in [1.807, 2.05) is 6.08 Å². The Labute approximate surface area is 418 Å². The first-order chi connectivity index (χ1) is 33.1. The van der Waals surface area contributed by atoms with Crippen LogP contribution in [0, 0.1) is 0 Å². The standard InChI is InChI=1S/C62H117NO4/c1-3-5-7-9-11-13-15-17-19-21-23-25-27-29-30-31-32-33-35-37-39-41-43-45-47-49-51-53-55-57-61(66)62(67)63-59(58-64)60(65)56-54-52-50-48-46-44-42-40-38-36-34-28-26-24-22-20-18-16-14-12-10-8-6-4-2/h29-30,38,40,46,48,54,56,59-61,64-66H,3-28,31-37,39,41-45,47,49-53,55,57-58H2,1-2H3,(H,63,67)/b30-29-,40-38+,48-46+,56-54+. The summed E-state index contributed by atoms with van der Waals surface area (Å²) in [5.41, 5.74) is 0. The van der Waals surface area contributed by atoms with E-state index in [1.54, 1.807) is 6.08 Å². The number of amides is 1. The molecule has 0 spiro atoms. The van der Waals surface area contributed by atoms with Gasteiger partial charge >= 0.3 is 0 Å². The summed E-state index contributed by atoms with van der Waals surface area (Å²) in [5, 5.41) is 33.4. The number of unbranched alkanes of at least 4 members (excludes halogenated alkanes) is 41. The number of allylic oxidation sites excluding steroid dienone is 7. The maximum Gasteiger partial charge on any atom is 0.249 e. The molecule has 0 aliphatic rings. The third kappa shape index (κ3) is 52.0. The second-order valence-corrected chi connectivity index (χ2v) is 20.5. The fraction of sp³-hybridized carbons (Fsp3) is 0.855. The lowest BCUT2D eigenvalue weighted by Gasteiger charge is -2.21. The highest BCUT2D eigenvalue weighted by molar-refractivity contribution is 5.80. The molecule has 0 aromatic heterocycles. The van der Waals surface area contributed by atoms with E-state index in [1.165, 1.54) is 250 Å². The molecule has 5 nitrogen and oxygen atoms in total. The fourth-order valence-corrected chi connectivity index (χ4v) is 9.22. The summed E-state index contributed by atoms with van der Waals surface area (Å²) in [4.78, 5) is 12.6. The molecule has 0 saturated heterocycles. The van der Waals surface area contributed by atoms with Gasteiger partial charge in [0.05, 0.1) is 18.8 Å². The lowest BCUT2D eigenvalue weighted by atomic mass is 10.0. The smallest absolute Gasteiger partial charge is 0.249 e. The first kappa shape index (κ1) is 65.3. The van der Waals surface area contributed by atoms with Crippen molar-refractivity contribution in [2.75, 3.05) is 6.61 Å². The molecule has 394 valence electrons. The summed E-state index contributed by atoms with van der Waals surface area (Å²) in [5.74, 6) is -0.514. The van der Waals surface area contributed by atoms with Gasteiger partial charge in [-0.25, -0.2) is 0 Å². The number of carbonyl (C=O) groups excluding carboxylic acids is 1. The van der Waals surface area contributed by atoms with Gasteiger partial charge in [-0.3, -0.25) is 4.79 Å². The Balaban J connectivity index is 3.60. The largest absolute Gasteiger partial charge is 0.394 e. The zero-order valence-corrected chi connectivity index (χ0v) is 45.0. The van der Waals surface area contributed by atoms with Crippen molar-refractivity contribution >= 4 is 5.91 Å². The van der Waals surface area contributed by atoms with Crippen LogP contribution < -0.4 is 5.32 Å². The van der Waals surface area contributed by atoms with Crippen molar-refractivity contribution in [1.29, 1.82) is 0 Å². The predicted molar refractivity (Wildman–Crippen MR) is 296 cm³/mol. The van der Waals surface area contributed by atoms with Gasteiger partial charge in [-0.1, -0.05) is 294 Å². The lowest BCUT2D eigenvalue weighted by molar-refractivity contribution is -0.131. The Hall–Kier alpha value is -1.69. The van der Waals surface area contributed by atoms with Gasteiger partial charge < -0.3 is 20.6 Å². The SMILES string of the molecule is CCCCCCCCCCCCCC/C=C\CCCCCCCCCCCCCCCC(O)C(=O)NC(CO)C(O)/C=C/CC/C=C/CC/C=C/CCCCCCCCCCCCCCCC. The van der Waals surface area contributed by atoms with Gasteiger partial charge in [-0.05, 0) is 70.6 Å². The molecule has 0 bridgehead atoms. The molecule has 3 atom stereocenters. The van der Waals surface area contributed by atoms with Crippen molar-refractivity contribution in [2.45, 2.75) is 334 Å². The summed E-state index contributed by atoms with van der Waals surface area (Å²) in [7, 11) is 0. The zero-order chi connectivity index (χ0) is 48.6. The maximum atomic E-state index is 12.6. The average molecular weight is 941 g/mol. The Morgan fingerprint density at radius 2 is 0.612 bits per heavy atom. The quantitative estimate of drug-likeness (QED) is 0.0361. The summed E-state index contributed by atoms with van der Waals surface area (Å²) in [6.45, 7) is 4.20. The molecule has 1 amide bonds. The number of carbonyl (C=O) groups is 1. The van der Waals surface area contributed by atoms with Crippen LogP contribution >= 0.6 is 0 Å². The van der Waals surface area contributed by atoms with Crippen LogP contribution in [0.4, 0.5) is 0 Å². The molecule has 0 saturated carbocycles. The van der Waals surface area contributed by atoms with Gasteiger partial charge in [-0.15, -0.1) is 0 Å². The summed E-state index contributed by atoms with van der Waals surface area (Å²) >= 11 is 0. The first-order valence-corrected chi connectivity index (χ1v) is 30.0. The highest BCUT2D eigenvalue weighted by atomic mass is 16.3. The Morgan fingerprint density at radius 1 is 0.358 bits per heavy atom. The number of hydrogen-bond acceptors (Lipinski definition) is 4. The zero-order valence-electron chi connectivity index (χ0n) is 45.0. The lowest BCUT2D eigenvalue weighted by Crippen LogP contribution is -2.48. The highest BCUT2D eigenvalue weighted by Crippen LogP contribution is 2.17. The second kappa shape index (κ2) is 56.9. The molecule has 0 heterocycles. The number of hydrogen-bond donors (Lipinski definition) is 4. The van der Waals surface area contributed by atoms with E-state index in [0.29, 0.717) is 6.42 Å². The van der Waals surface area contributed by atoms with Crippen LogP contribution in [0.25, 0.3) is 0 Å². The monoisotopic (exact) mass is 940 g/mol. The normalized spacial score (nSPS) is 13.6. The Bertz CT molecular complexity index is 1080. The summed E-state index contributed by atoms with van der Waals surface area (Å²) in [6, 6.07) is -0.823. The molecule has 0 fully saturated rings. The second-order valence-electron chi connectivity index (χ2n) is 20.5. The van der Waals surface area contributed by atoms with Gasteiger partial charge in [0.2, 0.25) is 5.91 Å². The van der Waals surface area contributed by atoms with E-state index in [9.17, 15) is 20.1 Å². The molecule has 0 aromatic rings. The Kier molecular flexibility index (Phi) is 55.5.